The molecule has 6 nitrogen and oxygen atoms in total. The van der Waals surface area contributed by atoms with E-state index in [0.29, 0.717) is 29.5 Å². The van der Waals surface area contributed by atoms with E-state index in [2.05, 4.69) is 17.0 Å². The van der Waals surface area contributed by atoms with E-state index < -0.39 is 0 Å². The summed E-state index contributed by atoms with van der Waals surface area (Å²) in [6.07, 6.45) is 0. The highest BCUT2D eigenvalue weighted by molar-refractivity contribution is 6.32. The summed E-state index contributed by atoms with van der Waals surface area (Å²) in [5, 5.41) is 5.31. The predicted molar refractivity (Wildman–Crippen MR) is 135 cm³/mol. The van der Waals surface area contributed by atoms with Gasteiger partial charge in [0.1, 0.15) is 11.4 Å². The van der Waals surface area contributed by atoms with Gasteiger partial charge in [0.2, 0.25) is 0 Å². The van der Waals surface area contributed by atoms with Crippen LogP contribution in [0.15, 0.2) is 84.9 Å². The number of methoxy groups -OCH3 is 1. The van der Waals surface area contributed by atoms with E-state index in [-0.39, 0.29) is 5.91 Å². The Morgan fingerprint density at radius 1 is 0.882 bits per heavy atom. The van der Waals surface area contributed by atoms with Crippen LogP contribution in [-0.4, -0.2) is 53.9 Å². The number of piperazine rings is 1. The third-order valence-electron chi connectivity index (χ3n) is 6.08. The average molecular weight is 473 g/mol. The van der Waals surface area contributed by atoms with Crippen molar-refractivity contribution in [2.75, 3.05) is 38.2 Å². The zero-order valence-electron chi connectivity index (χ0n) is 18.9. The van der Waals surface area contributed by atoms with Crippen molar-refractivity contribution < 1.29 is 9.53 Å². The second kappa shape index (κ2) is 9.61. The van der Waals surface area contributed by atoms with E-state index in [0.717, 1.165) is 35.8 Å². The van der Waals surface area contributed by atoms with Crippen LogP contribution in [0.3, 0.4) is 0 Å². The zero-order chi connectivity index (χ0) is 23.5. The molecule has 0 radical (unpaired) electrons. The Morgan fingerprint density at radius 3 is 2.24 bits per heavy atom. The van der Waals surface area contributed by atoms with Crippen molar-refractivity contribution >= 4 is 23.2 Å². The van der Waals surface area contributed by atoms with Gasteiger partial charge < -0.3 is 14.5 Å². The fourth-order valence-electron chi connectivity index (χ4n) is 4.21. The quantitative estimate of drug-likeness (QED) is 0.402. The van der Waals surface area contributed by atoms with Crippen LogP contribution in [0.5, 0.6) is 5.75 Å². The Bertz CT molecular complexity index is 1280. The molecule has 5 rings (SSSR count). The smallest absolute Gasteiger partial charge is 0.272 e. The minimum atomic E-state index is -0.0519. The lowest BCUT2D eigenvalue weighted by Crippen LogP contribution is -2.49. The summed E-state index contributed by atoms with van der Waals surface area (Å²) in [6.45, 7) is 2.76. The number of halogens is 1. The molecule has 0 spiro atoms. The average Bonchev–Trinajstić information content (AvgIpc) is 3.34. The SMILES string of the molecule is COc1ccc(N2CCN(C(=O)c3cc(-c4ccccc4)nn3-c3ccccc3Cl)CC2)cc1. The number of para-hydroxylation sites is 1. The fraction of sp³-hybridized carbons (Fsp3) is 0.185. The Balaban J connectivity index is 1.41. The monoisotopic (exact) mass is 472 g/mol. The maximum Gasteiger partial charge on any atom is 0.272 e. The number of amides is 1. The summed E-state index contributed by atoms with van der Waals surface area (Å²) in [5.74, 6) is 0.781. The highest BCUT2D eigenvalue weighted by Gasteiger charge is 2.27. The number of ether oxygens (including phenoxy) is 1. The highest BCUT2D eigenvalue weighted by Crippen LogP contribution is 2.27. The maximum atomic E-state index is 13.7. The number of aromatic nitrogens is 2. The second-order valence-corrected chi connectivity index (χ2v) is 8.53. The van der Waals surface area contributed by atoms with E-state index in [1.807, 2.05) is 77.7 Å². The van der Waals surface area contributed by atoms with Crippen molar-refractivity contribution in [2.45, 2.75) is 0 Å². The van der Waals surface area contributed by atoms with Crippen LogP contribution in [0.2, 0.25) is 5.02 Å². The lowest BCUT2D eigenvalue weighted by Gasteiger charge is -2.36. The molecule has 1 aliphatic rings. The van der Waals surface area contributed by atoms with Gasteiger partial charge in [0.15, 0.2) is 0 Å². The molecule has 1 aliphatic heterocycles. The number of carbonyl (C=O) groups is 1. The molecular weight excluding hydrogens is 448 g/mol. The summed E-state index contributed by atoms with van der Waals surface area (Å²) in [5.41, 5.74) is 4.00. The number of carbonyl (C=O) groups excluding carboxylic acids is 1. The minimum Gasteiger partial charge on any atom is -0.497 e. The Hall–Kier alpha value is -3.77. The van der Waals surface area contributed by atoms with Crippen LogP contribution in [0.4, 0.5) is 5.69 Å². The molecule has 1 fully saturated rings. The molecule has 4 aromatic rings. The van der Waals surface area contributed by atoms with Gasteiger partial charge in [0.25, 0.3) is 5.91 Å². The Kier molecular flexibility index (Phi) is 6.23. The van der Waals surface area contributed by atoms with Gasteiger partial charge >= 0.3 is 0 Å². The molecular formula is C27H25ClN4O2. The molecule has 0 saturated carbocycles. The van der Waals surface area contributed by atoms with E-state index in [1.54, 1.807) is 11.8 Å². The van der Waals surface area contributed by atoms with Gasteiger partial charge in [-0.15, -0.1) is 0 Å². The van der Waals surface area contributed by atoms with Gasteiger partial charge in [0.05, 0.1) is 23.5 Å². The van der Waals surface area contributed by atoms with Crippen LogP contribution in [0.1, 0.15) is 10.5 Å². The molecule has 1 amide bonds. The molecule has 1 saturated heterocycles. The van der Waals surface area contributed by atoms with Crippen molar-refractivity contribution in [3.63, 3.8) is 0 Å². The lowest BCUT2D eigenvalue weighted by atomic mass is 10.1. The van der Waals surface area contributed by atoms with Crippen LogP contribution in [-0.2, 0) is 0 Å². The largest absolute Gasteiger partial charge is 0.497 e. The first-order valence-electron chi connectivity index (χ1n) is 11.2. The van der Waals surface area contributed by atoms with Crippen molar-refractivity contribution in [1.29, 1.82) is 0 Å². The van der Waals surface area contributed by atoms with Crippen molar-refractivity contribution in [1.82, 2.24) is 14.7 Å². The molecule has 3 aromatic carbocycles. The molecule has 0 atom stereocenters. The summed E-state index contributed by atoms with van der Waals surface area (Å²) in [6, 6.07) is 27.2. The maximum absolute atomic E-state index is 13.7. The molecule has 7 heteroatoms. The van der Waals surface area contributed by atoms with Crippen molar-refractivity contribution in [3.8, 4) is 22.7 Å². The first-order valence-corrected chi connectivity index (χ1v) is 11.6. The Morgan fingerprint density at radius 2 is 1.56 bits per heavy atom. The molecule has 0 aliphatic carbocycles. The van der Waals surface area contributed by atoms with Crippen molar-refractivity contribution in [3.05, 3.63) is 95.6 Å². The van der Waals surface area contributed by atoms with Crippen molar-refractivity contribution in [2.24, 2.45) is 0 Å². The molecule has 34 heavy (non-hydrogen) atoms. The van der Waals surface area contributed by atoms with E-state index >= 15 is 0 Å². The first kappa shape index (κ1) is 22.0. The number of hydrogen-bond acceptors (Lipinski definition) is 4. The summed E-state index contributed by atoms with van der Waals surface area (Å²) < 4.78 is 6.92. The molecule has 1 aromatic heterocycles. The Labute approximate surface area is 203 Å². The van der Waals surface area contributed by atoms with E-state index in [1.165, 1.54) is 0 Å². The summed E-state index contributed by atoms with van der Waals surface area (Å²) in [4.78, 5) is 17.8. The second-order valence-electron chi connectivity index (χ2n) is 8.12. The molecule has 0 N–H and O–H groups in total. The molecule has 0 bridgehead atoms. The van der Waals surface area contributed by atoms with Crippen LogP contribution in [0, 0.1) is 0 Å². The highest BCUT2D eigenvalue weighted by atomic mass is 35.5. The van der Waals surface area contributed by atoms with Gasteiger partial charge in [0, 0.05) is 37.4 Å². The number of hydrogen-bond donors (Lipinski definition) is 0. The molecule has 0 unspecified atom stereocenters. The third kappa shape index (κ3) is 4.37. The van der Waals surface area contributed by atoms with Gasteiger partial charge in [-0.05, 0) is 42.5 Å². The first-order chi connectivity index (χ1) is 16.6. The van der Waals surface area contributed by atoms with Gasteiger partial charge in [-0.3, -0.25) is 4.79 Å². The number of benzene rings is 3. The normalized spacial score (nSPS) is 13.7. The molecule has 2 heterocycles. The molecule has 172 valence electrons. The van der Waals surface area contributed by atoms with Gasteiger partial charge in [-0.25, -0.2) is 4.68 Å². The summed E-state index contributed by atoms with van der Waals surface area (Å²) >= 11 is 6.48. The topological polar surface area (TPSA) is 50.6 Å². The third-order valence-corrected chi connectivity index (χ3v) is 6.40. The van der Waals surface area contributed by atoms with E-state index in [9.17, 15) is 4.79 Å². The van der Waals surface area contributed by atoms with E-state index in [4.69, 9.17) is 21.4 Å². The zero-order valence-corrected chi connectivity index (χ0v) is 19.7. The predicted octanol–water partition coefficient (Wildman–Crippen LogP) is 5.16. The number of rotatable bonds is 5. The van der Waals surface area contributed by atoms with Gasteiger partial charge in [-0.2, -0.15) is 5.10 Å². The van der Waals surface area contributed by atoms with Crippen LogP contribution < -0.4 is 9.64 Å². The fourth-order valence-corrected chi connectivity index (χ4v) is 4.43. The number of anilines is 1. The van der Waals surface area contributed by atoms with Crippen LogP contribution >= 0.6 is 11.6 Å². The van der Waals surface area contributed by atoms with Gasteiger partial charge in [-0.1, -0.05) is 54.1 Å². The lowest BCUT2D eigenvalue weighted by molar-refractivity contribution is 0.0737. The van der Waals surface area contributed by atoms with Crippen LogP contribution in [0.25, 0.3) is 16.9 Å². The number of nitrogens with zero attached hydrogens (tertiary/aromatic N) is 4. The summed E-state index contributed by atoms with van der Waals surface area (Å²) in [7, 11) is 1.66. The minimum absolute atomic E-state index is 0.0519. The standard InChI is InChI=1S/C27H25ClN4O2/c1-34-22-13-11-21(12-14-22)30-15-17-31(18-16-30)27(33)26-19-24(20-7-3-2-4-8-20)29-32(26)25-10-6-5-9-23(25)28/h2-14,19H,15-18H2,1H3.